The number of carboxylic acids is 1. The van der Waals surface area contributed by atoms with Crippen LogP contribution in [0.1, 0.15) is 46.0 Å². The number of carbonyl (C=O) groups is 3. The summed E-state index contributed by atoms with van der Waals surface area (Å²) in [6.45, 7) is 4.66. The summed E-state index contributed by atoms with van der Waals surface area (Å²) in [6, 6.07) is 5.30. The quantitative estimate of drug-likeness (QED) is 0.390. The number of aliphatic carboxylic acids is 1. The predicted molar refractivity (Wildman–Crippen MR) is 104 cm³/mol. The maximum absolute atomic E-state index is 12.8. The van der Waals surface area contributed by atoms with Gasteiger partial charge in [0.1, 0.15) is 0 Å². The van der Waals surface area contributed by atoms with Crippen LogP contribution in [0.3, 0.4) is 0 Å². The molecule has 30 heavy (non-hydrogen) atoms. The number of hydrogen-bond donors (Lipinski definition) is 1. The number of non-ortho nitro benzene ring substituents is 1. The Morgan fingerprint density at radius 1 is 1.10 bits per heavy atom. The maximum Gasteiger partial charge on any atom is 0.340 e. The van der Waals surface area contributed by atoms with E-state index < -0.39 is 29.3 Å². The Kier molecular flexibility index (Phi) is 7.18. The van der Waals surface area contributed by atoms with E-state index in [1.54, 1.807) is 13.8 Å². The van der Waals surface area contributed by atoms with Crippen molar-refractivity contribution in [2.24, 2.45) is 0 Å². The highest BCUT2D eigenvalue weighted by Crippen LogP contribution is 2.34. The van der Waals surface area contributed by atoms with Crippen LogP contribution in [0.15, 0.2) is 24.3 Å². The van der Waals surface area contributed by atoms with Gasteiger partial charge in [0.05, 0.1) is 47.1 Å². The van der Waals surface area contributed by atoms with Gasteiger partial charge in [0, 0.05) is 17.7 Å². The second kappa shape index (κ2) is 9.59. The van der Waals surface area contributed by atoms with Gasteiger partial charge in [0.15, 0.2) is 0 Å². The van der Waals surface area contributed by atoms with Gasteiger partial charge in [-0.25, -0.2) is 9.59 Å². The Morgan fingerprint density at radius 2 is 1.70 bits per heavy atom. The predicted octanol–water partition coefficient (Wildman–Crippen LogP) is 2.95. The van der Waals surface area contributed by atoms with Crippen LogP contribution in [0.2, 0.25) is 0 Å². The minimum absolute atomic E-state index is 0.0116. The molecule has 0 radical (unpaired) electrons. The number of carbonyl (C=O) groups excluding carboxylic acids is 2. The Labute approximate surface area is 171 Å². The largest absolute Gasteiger partial charge is 0.481 e. The number of ether oxygens (including phenoxy) is 2. The van der Waals surface area contributed by atoms with E-state index in [1.807, 2.05) is 0 Å². The molecule has 0 aliphatic carbocycles. The molecule has 2 aromatic rings. The molecule has 0 saturated carbocycles. The summed E-state index contributed by atoms with van der Waals surface area (Å²) in [7, 11) is 0. The topological polar surface area (TPSA) is 146 Å². The van der Waals surface area contributed by atoms with Crippen LogP contribution in [0.25, 0.3) is 11.1 Å². The number of benzene rings is 1. The van der Waals surface area contributed by atoms with Crippen LogP contribution >= 0.6 is 0 Å². The van der Waals surface area contributed by atoms with Gasteiger partial charge in [-0.05, 0) is 26.3 Å². The molecule has 0 aliphatic heterocycles. The van der Waals surface area contributed by atoms with E-state index in [-0.39, 0.29) is 52.5 Å². The second-order valence-corrected chi connectivity index (χ2v) is 6.09. The van der Waals surface area contributed by atoms with Crippen molar-refractivity contribution < 1.29 is 33.9 Å². The number of pyridine rings is 1. The summed E-state index contributed by atoms with van der Waals surface area (Å²) in [4.78, 5) is 51.6. The molecular formula is C20H20N2O8. The highest BCUT2D eigenvalue weighted by Gasteiger charge is 2.30. The van der Waals surface area contributed by atoms with Crippen LogP contribution in [-0.2, 0) is 20.7 Å². The third kappa shape index (κ3) is 4.77. The smallest absolute Gasteiger partial charge is 0.340 e. The lowest BCUT2D eigenvalue weighted by atomic mass is 9.91. The molecular weight excluding hydrogens is 396 g/mol. The number of hydrogen-bond acceptors (Lipinski definition) is 8. The molecule has 0 spiro atoms. The Balaban J connectivity index is 2.97. The molecule has 0 amide bonds. The summed E-state index contributed by atoms with van der Waals surface area (Å²) in [6.07, 6.45) is -0.611. The van der Waals surface area contributed by atoms with E-state index in [1.165, 1.54) is 31.2 Å². The number of nitrogens with zero attached hydrogens (tertiary/aromatic N) is 2. The van der Waals surface area contributed by atoms with Gasteiger partial charge in [-0.1, -0.05) is 12.1 Å². The summed E-state index contributed by atoms with van der Waals surface area (Å²) < 4.78 is 10.1. The zero-order valence-electron chi connectivity index (χ0n) is 16.6. The van der Waals surface area contributed by atoms with E-state index in [4.69, 9.17) is 9.47 Å². The number of nitro groups is 1. The molecule has 0 bridgehead atoms. The number of rotatable bonds is 8. The number of aromatic nitrogens is 1. The zero-order valence-corrected chi connectivity index (χ0v) is 16.6. The van der Waals surface area contributed by atoms with Crippen LogP contribution in [0, 0.1) is 17.0 Å². The number of esters is 2. The molecule has 10 heteroatoms. The normalized spacial score (nSPS) is 10.4. The van der Waals surface area contributed by atoms with Crippen LogP contribution in [0.4, 0.5) is 5.69 Å². The first-order valence-electron chi connectivity index (χ1n) is 9.05. The zero-order chi connectivity index (χ0) is 22.4. The molecule has 0 saturated heterocycles. The SMILES string of the molecule is CCOC(=O)c1c(C)nc(CC(=O)O)c(C(=O)OCC)c1-c1cccc([N+](=O)[O-])c1. The van der Waals surface area contributed by atoms with Gasteiger partial charge in [-0.2, -0.15) is 0 Å². The van der Waals surface area contributed by atoms with Crippen molar-refractivity contribution in [3.63, 3.8) is 0 Å². The lowest BCUT2D eigenvalue weighted by Gasteiger charge is -2.18. The van der Waals surface area contributed by atoms with Crippen LogP contribution in [0.5, 0.6) is 0 Å². The van der Waals surface area contributed by atoms with Crippen molar-refractivity contribution in [2.45, 2.75) is 27.2 Å². The molecule has 1 aromatic carbocycles. The fourth-order valence-corrected chi connectivity index (χ4v) is 2.98. The molecule has 158 valence electrons. The highest BCUT2D eigenvalue weighted by molar-refractivity contribution is 6.07. The van der Waals surface area contributed by atoms with Gasteiger partial charge >= 0.3 is 17.9 Å². The molecule has 1 aromatic heterocycles. The first kappa shape index (κ1) is 22.5. The van der Waals surface area contributed by atoms with Crippen molar-refractivity contribution in [2.75, 3.05) is 13.2 Å². The van der Waals surface area contributed by atoms with Gasteiger partial charge in [-0.3, -0.25) is 19.9 Å². The van der Waals surface area contributed by atoms with Gasteiger partial charge in [0.2, 0.25) is 0 Å². The van der Waals surface area contributed by atoms with E-state index in [2.05, 4.69) is 4.98 Å². The van der Waals surface area contributed by atoms with Gasteiger partial charge in [0.25, 0.3) is 5.69 Å². The Morgan fingerprint density at radius 3 is 2.23 bits per heavy atom. The van der Waals surface area contributed by atoms with Gasteiger partial charge < -0.3 is 14.6 Å². The number of nitro benzene ring substituents is 1. The lowest BCUT2D eigenvalue weighted by molar-refractivity contribution is -0.384. The standard InChI is InChI=1S/C20H20N2O8/c1-4-29-19(25)16-11(3)21-14(10-15(23)24)18(20(26)30-5-2)17(16)12-7-6-8-13(9-12)22(27)28/h6-9H,4-5,10H2,1-3H3,(H,23,24). The molecule has 0 aliphatic rings. The van der Waals surface area contributed by atoms with E-state index in [0.717, 1.165) is 0 Å². The molecule has 1 N–H and O–H groups in total. The monoisotopic (exact) mass is 416 g/mol. The van der Waals surface area contributed by atoms with E-state index in [0.29, 0.717) is 0 Å². The van der Waals surface area contributed by atoms with Crippen molar-refractivity contribution >= 4 is 23.6 Å². The summed E-state index contributed by atoms with van der Waals surface area (Å²) in [5, 5.41) is 20.5. The van der Waals surface area contributed by atoms with Crippen LogP contribution in [-0.4, -0.2) is 46.1 Å². The number of aryl methyl sites for hydroxylation is 1. The molecule has 0 atom stereocenters. The average Bonchev–Trinajstić information content (AvgIpc) is 2.67. The van der Waals surface area contributed by atoms with Crippen molar-refractivity contribution in [3.05, 3.63) is 56.9 Å². The van der Waals surface area contributed by atoms with E-state index in [9.17, 15) is 29.6 Å². The Bertz CT molecular complexity index is 1020. The minimum atomic E-state index is -1.25. The van der Waals surface area contributed by atoms with Crippen molar-refractivity contribution in [1.82, 2.24) is 4.98 Å². The first-order valence-corrected chi connectivity index (χ1v) is 9.05. The third-order valence-corrected chi connectivity index (χ3v) is 4.08. The first-order chi connectivity index (χ1) is 14.2. The summed E-state index contributed by atoms with van der Waals surface area (Å²) in [5.74, 6) is -2.94. The van der Waals surface area contributed by atoms with Gasteiger partial charge in [-0.15, -0.1) is 0 Å². The lowest BCUT2D eigenvalue weighted by Crippen LogP contribution is -2.20. The molecule has 0 unspecified atom stereocenters. The molecule has 0 fully saturated rings. The average molecular weight is 416 g/mol. The second-order valence-electron chi connectivity index (χ2n) is 6.09. The highest BCUT2D eigenvalue weighted by atomic mass is 16.6. The number of carboxylic acid groups (broad SMARTS) is 1. The summed E-state index contributed by atoms with van der Waals surface area (Å²) >= 11 is 0. The van der Waals surface area contributed by atoms with E-state index >= 15 is 0 Å². The fraction of sp³-hybridized carbons (Fsp3) is 0.300. The van der Waals surface area contributed by atoms with Crippen molar-refractivity contribution in [1.29, 1.82) is 0 Å². The fourth-order valence-electron chi connectivity index (χ4n) is 2.98. The Hall–Kier alpha value is -3.82. The molecule has 1 heterocycles. The summed E-state index contributed by atoms with van der Waals surface area (Å²) in [5.41, 5.74) is -0.451. The molecule has 10 nitrogen and oxygen atoms in total. The van der Waals surface area contributed by atoms with Crippen LogP contribution < -0.4 is 0 Å². The minimum Gasteiger partial charge on any atom is -0.481 e. The molecule has 2 rings (SSSR count). The van der Waals surface area contributed by atoms with Crippen molar-refractivity contribution in [3.8, 4) is 11.1 Å². The maximum atomic E-state index is 12.8. The third-order valence-electron chi connectivity index (χ3n) is 4.08.